The Labute approximate surface area is 153 Å². The largest absolute Gasteiger partial charge is 0.462 e. The van der Waals surface area contributed by atoms with Crippen molar-refractivity contribution in [2.24, 2.45) is 7.05 Å². The van der Waals surface area contributed by atoms with Crippen LogP contribution in [0, 0.1) is 6.92 Å². The van der Waals surface area contributed by atoms with Crippen LogP contribution in [0.4, 0.5) is 5.13 Å². The topological polar surface area (TPSA) is 90.3 Å². The van der Waals surface area contributed by atoms with Gasteiger partial charge in [-0.15, -0.1) is 0 Å². The molecule has 0 atom stereocenters. The Morgan fingerprint density at radius 3 is 2.77 bits per heavy atom. The number of amides is 1. The average molecular weight is 371 g/mol. The Hall–Kier alpha value is -3.00. The van der Waals surface area contributed by atoms with Crippen molar-refractivity contribution >= 4 is 39.2 Å². The van der Waals surface area contributed by atoms with Gasteiger partial charge in [0.1, 0.15) is 4.88 Å². The number of fused-ring (bicyclic) bond motifs is 1. The van der Waals surface area contributed by atoms with Crippen molar-refractivity contribution in [1.29, 1.82) is 0 Å². The molecule has 0 saturated heterocycles. The highest BCUT2D eigenvalue weighted by molar-refractivity contribution is 7.17. The molecule has 0 fully saturated rings. The fourth-order valence-electron chi connectivity index (χ4n) is 2.60. The summed E-state index contributed by atoms with van der Waals surface area (Å²) in [4.78, 5) is 41.3. The number of carbonyl (C=O) groups excluding carboxylic acids is 2. The summed E-state index contributed by atoms with van der Waals surface area (Å²) in [6, 6.07) is 8.46. The van der Waals surface area contributed by atoms with Gasteiger partial charge in [-0.3, -0.25) is 14.9 Å². The third-order valence-corrected chi connectivity index (χ3v) is 4.93. The molecule has 0 aliphatic carbocycles. The van der Waals surface area contributed by atoms with Gasteiger partial charge >= 0.3 is 5.97 Å². The summed E-state index contributed by atoms with van der Waals surface area (Å²) in [5.74, 6) is -0.926. The number of hydrogen-bond donors (Lipinski definition) is 1. The van der Waals surface area contributed by atoms with E-state index in [-0.39, 0.29) is 22.9 Å². The van der Waals surface area contributed by atoms with Crippen LogP contribution in [0.25, 0.3) is 10.9 Å². The number of para-hydroxylation sites is 1. The van der Waals surface area contributed by atoms with E-state index in [0.717, 1.165) is 11.3 Å². The molecule has 0 aliphatic heterocycles. The predicted octanol–water partition coefficient (Wildman–Crippen LogP) is 2.73. The van der Waals surface area contributed by atoms with Crippen LogP contribution in [-0.4, -0.2) is 28.0 Å². The van der Waals surface area contributed by atoms with Crippen LogP contribution >= 0.6 is 11.3 Å². The summed E-state index contributed by atoms with van der Waals surface area (Å²) in [5, 5.41) is 3.60. The lowest BCUT2D eigenvalue weighted by Gasteiger charge is -2.09. The zero-order valence-corrected chi connectivity index (χ0v) is 15.3. The number of aromatic nitrogens is 2. The molecular weight excluding hydrogens is 354 g/mol. The van der Waals surface area contributed by atoms with E-state index in [2.05, 4.69) is 10.3 Å². The van der Waals surface area contributed by atoms with Crippen molar-refractivity contribution in [1.82, 2.24) is 9.55 Å². The fraction of sp³-hybridized carbons (Fsp3) is 0.222. The van der Waals surface area contributed by atoms with Gasteiger partial charge < -0.3 is 9.30 Å². The van der Waals surface area contributed by atoms with Gasteiger partial charge in [-0.1, -0.05) is 29.5 Å². The van der Waals surface area contributed by atoms with Gasteiger partial charge in [0.2, 0.25) is 0 Å². The first-order valence-electron chi connectivity index (χ1n) is 7.97. The highest BCUT2D eigenvalue weighted by atomic mass is 32.1. The normalized spacial score (nSPS) is 10.7. The lowest BCUT2D eigenvalue weighted by atomic mass is 10.1. The Balaban J connectivity index is 1.96. The number of esters is 1. The summed E-state index contributed by atoms with van der Waals surface area (Å²) >= 11 is 1.04. The maximum Gasteiger partial charge on any atom is 0.350 e. The zero-order chi connectivity index (χ0) is 18.8. The molecule has 0 aliphatic rings. The van der Waals surface area contributed by atoms with Crippen LogP contribution in [0.5, 0.6) is 0 Å². The molecule has 1 N–H and O–H groups in total. The summed E-state index contributed by atoms with van der Waals surface area (Å²) in [6.07, 6.45) is 0. The van der Waals surface area contributed by atoms with Crippen molar-refractivity contribution in [3.05, 3.63) is 56.8 Å². The molecule has 26 heavy (non-hydrogen) atoms. The summed E-state index contributed by atoms with van der Waals surface area (Å²) in [5.41, 5.74) is 1.12. The number of nitrogens with one attached hydrogen (secondary N) is 1. The minimum atomic E-state index is -0.470. The van der Waals surface area contributed by atoms with E-state index in [9.17, 15) is 14.4 Å². The lowest BCUT2D eigenvalue weighted by Crippen LogP contribution is -2.21. The molecule has 0 radical (unpaired) electrons. The van der Waals surface area contributed by atoms with Crippen molar-refractivity contribution < 1.29 is 14.3 Å². The summed E-state index contributed by atoms with van der Waals surface area (Å²) in [6.45, 7) is 3.65. The molecule has 3 aromatic rings. The predicted molar refractivity (Wildman–Crippen MR) is 99.9 cm³/mol. The molecule has 2 aromatic heterocycles. The number of anilines is 1. The van der Waals surface area contributed by atoms with Gasteiger partial charge in [0, 0.05) is 18.5 Å². The highest BCUT2D eigenvalue weighted by Crippen LogP contribution is 2.25. The third-order valence-electron chi connectivity index (χ3n) is 3.88. The number of thiazole rings is 1. The monoisotopic (exact) mass is 371 g/mol. The molecule has 0 unspecified atom stereocenters. The van der Waals surface area contributed by atoms with Gasteiger partial charge in [0.15, 0.2) is 5.13 Å². The van der Waals surface area contributed by atoms with Crippen LogP contribution in [0.2, 0.25) is 0 Å². The fourth-order valence-corrected chi connectivity index (χ4v) is 3.45. The minimum absolute atomic E-state index is 0.259. The molecule has 3 rings (SSSR count). The molecule has 0 bridgehead atoms. The molecule has 0 saturated carbocycles. The quantitative estimate of drug-likeness (QED) is 0.712. The first kappa shape index (κ1) is 17.8. The Bertz CT molecular complexity index is 1070. The minimum Gasteiger partial charge on any atom is -0.462 e. The second-order valence-electron chi connectivity index (χ2n) is 5.58. The van der Waals surface area contributed by atoms with Crippen LogP contribution in [0.3, 0.4) is 0 Å². The van der Waals surface area contributed by atoms with E-state index in [4.69, 9.17) is 4.74 Å². The van der Waals surface area contributed by atoms with E-state index >= 15 is 0 Å². The Kier molecular flexibility index (Phi) is 4.85. The van der Waals surface area contributed by atoms with Crippen LogP contribution in [0.15, 0.2) is 35.1 Å². The van der Waals surface area contributed by atoms with Crippen molar-refractivity contribution in [3.63, 3.8) is 0 Å². The molecule has 7 nitrogen and oxygen atoms in total. The van der Waals surface area contributed by atoms with Crippen LogP contribution < -0.4 is 10.9 Å². The molecular formula is C18H17N3O4S. The highest BCUT2D eigenvalue weighted by Gasteiger charge is 2.19. The van der Waals surface area contributed by atoms with Gasteiger partial charge in [0.25, 0.3) is 11.5 Å². The SMILES string of the molecule is CCOC(=O)c1sc(NC(=O)c2cc(=O)n(C)c3ccccc23)nc1C. The number of benzene rings is 1. The number of pyridine rings is 1. The zero-order valence-electron chi connectivity index (χ0n) is 14.5. The van der Waals surface area contributed by atoms with E-state index in [1.165, 1.54) is 10.6 Å². The molecule has 1 aromatic carbocycles. The van der Waals surface area contributed by atoms with Crippen molar-refractivity contribution in [2.45, 2.75) is 13.8 Å². The smallest absolute Gasteiger partial charge is 0.350 e. The molecule has 1 amide bonds. The average Bonchev–Trinajstić information content (AvgIpc) is 2.98. The number of carbonyl (C=O) groups is 2. The number of rotatable bonds is 4. The van der Waals surface area contributed by atoms with Gasteiger partial charge in [0.05, 0.1) is 23.4 Å². The first-order chi connectivity index (χ1) is 12.4. The van der Waals surface area contributed by atoms with Crippen molar-refractivity contribution in [2.75, 3.05) is 11.9 Å². The van der Waals surface area contributed by atoms with E-state index < -0.39 is 11.9 Å². The van der Waals surface area contributed by atoms with E-state index in [1.807, 2.05) is 0 Å². The Morgan fingerprint density at radius 2 is 2.04 bits per heavy atom. The van der Waals surface area contributed by atoms with Gasteiger partial charge in [-0.25, -0.2) is 9.78 Å². The molecule has 8 heteroatoms. The second-order valence-corrected chi connectivity index (χ2v) is 6.58. The number of hydrogen-bond acceptors (Lipinski definition) is 6. The number of aryl methyl sites for hydroxylation is 2. The van der Waals surface area contributed by atoms with Crippen LogP contribution in [-0.2, 0) is 11.8 Å². The Morgan fingerprint density at radius 1 is 1.31 bits per heavy atom. The first-order valence-corrected chi connectivity index (χ1v) is 8.78. The molecule has 134 valence electrons. The van der Waals surface area contributed by atoms with E-state index in [0.29, 0.717) is 21.5 Å². The lowest BCUT2D eigenvalue weighted by molar-refractivity contribution is 0.0531. The molecule has 0 spiro atoms. The number of ether oxygens (including phenoxy) is 1. The third kappa shape index (κ3) is 3.23. The maximum absolute atomic E-state index is 12.7. The van der Waals surface area contributed by atoms with Gasteiger partial charge in [-0.2, -0.15) is 0 Å². The number of nitrogens with zero attached hydrogens (tertiary/aromatic N) is 2. The van der Waals surface area contributed by atoms with E-state index in [1.54, 1.807) is 45.2 Å². The van der Waals surface area contributed by atoms with Gasteiger partial charge in [-0.05, 0) is 19.9 Å². The second kappa shape index (κ2) is 7.09. The molecule has 2 heterocycles. The summed E-state index contributed by atoms with van der Waals surface area (Å²) < 4.78 is 6.46. The maximum atomic E-state index is 12.7. The summed E-state index contributed by atoms with van der Waals surface area (Å²) in [7, 11) is 1.65. The standard InChI is InChI=1S/C18H17N3O4S/c1-4-25-17(24)15-10(2)19-18(26-15)20-16(23)12-9-14(22)21(3)13-8-6-5-7-11(12)13/h5-9H,4H2,1-3H3,(H,19,20,23). The van der Waals surface area contributed by atoms with Crippen LogP contribution in [0.1, 0.15) is 32.6 Å². The van der Waals surface area contributed by atoms with Crippen molar-refractivity contribution in [3.8, 4) is 0 Å².